The maximum Gasteiger partial charge on any atom is 0.0329 e. The predicted octanol–water partition coefficient (Wildman–Crippen LogP) is 3.03. The van der Waals surface area contributed by atoms with Gasteiger partial charge < -0.3 is 5.73 Å². The van der Waals surface area contributed by atoms with E-state index in [1.165, 1.54) is 0 Å². The Balaban J connectivity index is 2.74. The Hall–Kier alpha value is -0.600. The molecule has 64 valence electrons. The van der Waals surface area contributed by atoms with E-state index < -0.39 is 0 Å². The number of halogens is 1. The van der Waals surface area contributed by atoms with Gasteiger partial charge in [-0.2, -0.15) is 0 Å². The van der Waals surface area contributed by atoms with Crippen molar-refractivity contribution in [2.45, 2.75) is 12.5 Å². The lowest BCUT2D eigenvalue weighted by molar-refractivity contribution is 0.742. The molecule has 12 heavy (non-hydrogen) atoms. The minimum atomic E-state index is 0.0793. The Bertz CT molecular complexity index is 253. The second-order valence-electron chi connectivity index (χ2n) is 2.68. The summed E-state index contributed by atoms with van der Waals surface area (Å²) in [5.74, 6) is 0. The summed E-state index contributed by atoms with van der Waals surface area (Å²) in [5, 5.41) is 0. The summed E-state index contributed by atoms with van der Waals surface area (Å²) in [7, 11) is 0. The Morgan fingerprint density at radius 3 is 2.50 bits per heavy atom. The van der Waals surface area contributed by atoms with Gasteiger partial charge in [0.2, 0.25) is 0 Å². The highest BCUT2D eigenvalue weighted by Crippen LogP contribution is 2.17. The highest BCUT2D eigenvalue weighted by atomic mass is 79.9. The molecule has 0 saturated carbocycles. The van der Waals surface area contributed by atoms with Crippen molar-refractivity contribution in [1.29, 1.82) is 0 Å². The van der Waals surface area contributed by atoms with E-state index in [0.29, 0.717) is 0 Å². The third-order valence-corrected chi connectivity index (χ3v) is 2.25. The number of hydrogen-bond donors (Lipinski definition) is 1. The van der Waals surface area contributed by atoms with E-state index in [9.17, 15) is 0 Å². The van der Waals surface area contributed by atoms with Crippen LogP contribution in [-0.4, -0.2) is 0 Å². The average molecular weight is 226 g/mol. The van der Waals surface area contributed by atoms with Gasteiger partial charge in [-0.05, 0) is 24.1 Å². The van der Waals surface area contributed by atoms with Gasteiger partial charge in [-0.3, -0.25) is 0 Å². The van der Waals surface area contributed by atoms with Gasteiger partial charge in [0.25, 0.3) is 0 Å². The van der Waals surface area contributed by atoms with E-state index in [-0.39, 0.29) is 6.04 Å². The van der Waals surface area contributed by atoms with Crippen molar-refractivity contribution in [3.8, 4) is 0 Å². The first-order valence-electron chi connectivity index (χ1n) is 3.86. The van der Waals surface area contributed by atoms with Crippen LogP contribution >= 0.6 is 15.9 Å². The van der Waals surface area contributed by atoms with E-state index in [1.807, 2.05) is 30.3 Å². The van der Waals surface area contributed by atoms with Gasteiger partial charge in [0.05, 0.1) is 0 Å². The summed E-state index contributed by atoms with van der Waals surface area (Å²) in [4.78, 5) is 0. The topological polar surface area (TPSA) is 26.0 Å². The Morgan fingerprint density at radius 2 is 2.00 bits per heavy atom. The lowest BCUT2D eigenvalue weighted by Crippen LogP contribution is -2.08. The van der Waals surface area contributed by atoms with Gasteiger partial charge in [0, 0.05) is 10.5 Å². The third kappa shape index (κ3) is 2.47. The van der Waals surface area contributed by atoms with Gasteiger partial charge in [0.1, 0.15) is 0 Å². The van der Waals surface area contributed by atoms with Gasteiger partial charge in [-0.15, -0.1) is 6.58 Å². The maximum atomic E-state index is 5.87. The SMILES string of the molecule is C=CCC(N)c1ccc(Br)cc1. The van der Waals surface area contributed by atoms with E-state index in [0.717, 1.165) is 16.5 Å². The van der Waals surface area contributed by atoms with Crippen molar-refractivity contribution < 1.29 is 0 Å². The molecule has 0 saturated heterocycles. The second-order valence-corrected chi connectivity index (χ2v) is 3.60. The zero-order valence-electron chi connectivity index (χ0n) is 6.83. The van der Waals surface area contributed by atoms with Crippen molar-refractivity contribution in [1.82, 2.24) is 0 Å². The normalized spacial score (nSPS) is 12.5. The molecule has 2 N–H and O–H groups in total. The highest BCUT2D eigenvalue weighted by molar-refractivity contribution is 9.10. The third-order valence-electron chi connectivity index (χ3n) is 1.72. The molecule has 0 aliphatic heterocycles. The van der Waals surface area contributed by atoms with Crippen molar-refractivity contribution >= 4 is 15.9 Å². The van der Waals surface area contributed by atoms with Crippen LogP contribution in [0.1, 0.15) is 18.0 Å². The van der Waals surface area contributed by atoms with Crippen LogP contribution in [0, 0.1) is 0 Å². The van der Waals surface area contributed by atoms with Crippen LogP contribution in [-0.2, 0) is 0 Å². The number of rotatable bonds is 3. The van der Waals surface area contributed by atoms with Crippen LogP contribution in [0.3, 0.4) is 0 Å². The molecule has 1 aromatic carbocycles. The largest absolute Gasteiger partial charge is 0.324 e. The summed E-state index contributed by atoms with van der Waals surface area (Å²) in [6.07, 6.45) is 2.66. The molecule has 0 fully saturated rings. The molecule has 0 heterocycles. The first kappa shape index (κ1) is 9.49. The predicted molar refractivity (Wildman–Crippen MR) is 55.9 cm³/mol. The van der Waals surface area contributed by atoms with Crippen LogP contribution in [0.5, 0.6) is 0 Å². The van der Waals surface area contributed by atoms with Crippen LogP contribution in [0.4, 0.5) is 0 Å². The summed E-state index contributed by atoms with van der Waals surface area (Å²) < 4.78 is 1.08. The van der Waals surface area contributed by atoms with Crippen molar-refractivity contribution in [3.63, 3.8) is 0 Å². The molecular weight excluding hydrogens is 214 g/mol. The van der Waals surface area contributed by atoms with Crippen LogP contribution in [0.15, 0.2) is 41.4 Å². The van der Waals surface area contributed by atoms with Crippen molar-refractivity contribution in [2.24, 2.45) is 5.73 Å². The monoisotopic (exact) mass is 225 g/mol. The summed E-state index contributed by atoms with van der Waals surface area (Å²) in [5.41, 5.74) is 7.02. The Kier molecular flexibility index (Phi) is 3.50. The molecule has 1 unspecified atom stereocenters. The zero-order valence-corrected chi connectivity index (χ0v) is 8.42. The van der Waals surface area contributed by atoms with E-state index in [1.54, 1.807) is 0 Å². The molecule has 0 bridgehead atoms. The van der Waals surface area contributed by atoms with Crippen LogP contribution in [0.2, 0.25) is 0 Å². The Labute approximate surface area is 81.4 Å². The fraction of sp³-hybridized carbons (Fsp3) is 0.200. The molecule has 0 aromatic heterocycles. The first-order valence-corrected chi connectivity index (χ1v) is 4.65. The number of nitrogens with two attached hydrogens (primary N) is 1. The number of benzene rings is 1. The lowest BCUT2D eigenvalue weighted by Gasteiger charge is -2.08. The average Bonchev–Trinajstić information content (AvgIpc) is 2.06. The van der Waals surface area contributed by atoms with Gasteiger partial charge in [-0.1, -0.05) is 34.1 Å². The molecular formula is C10H12BrN. The number of hydrogen-bond acceptors (Lipinski definition) is 1. The zero-order chi connectivity index (χ0) is 8.97. The van der Waals surface area contributed by atoms with Crippen molar-refractivity contribution in [3.05, 3.63) is 47.0 Å². The van der Waals surface area contributed by atoms with Gasteiger partial charge in [-0.25, -0.2) is 0 Å². The first-order chi connectivity index (χ1) is 5.74. The molecule has 1 rings (SSSR count). The summed E-state index contributed by atoms with van der Waals surface area (Å²) in [6, 6.07) is 8.13. The quantitative estimate of drug-likeness (QED) is 0.787. The van der Waals surface area contributed by atoms with Gasteiger partial charge >= 0.3 is 0 Å². The molecule has 1 aromatic rings. The van der Waals surface area contributed by atoms with Crippen LogP contribution < -0.4 is 5.73 Å². The molecule has 0 radical (unpaired) electrons. The molecule has 0 amide bonds. The van der Waals surface area contributed by atoms with E-state index >= 15 is 0 Å². The lowest BCUT2D eigenvalue weighted by atomic mass is 10.1. The summed E-state index contributed by atoms with van der Waals surface area (Å²) >= 11 is 3.37. The highest BCUT2D eigenvalue weighted by Gasteiger charge is 2.01. The molecule has 1 nitrogen and oxygen atoms in total. The molecule has 0 spiro atoms. The maximum absolute atomic E-state index is 5.87. The molecule has 1 atom stereocenters. The minimum absolute atomic E-state index is 0.0793. The molecule has 0 aliphatic carbocycles. The fourth-order valence-corrected chi connectivity index (χ4v) is 1.29. The van der Waals surface area contributed by atoms with E-state index in [2.05, 4.69) is 22.5 Å². The molecule has 2 heteroatoms. The smallest absolute Gasteiger partial charge is 0.0329 e. The van der Waals surface area contributed by atoms with Crippen LogP contribution in [0.25, 0.3) is 0 Å². The fourth-order valence-electron chi connectivity index (χ4n) is 1.03. The Morgan fingerprint density at radius 1 is 1.42 bits per heavy atom. The summed E-state index contributed by atoms with van der Waals surface area (Å²) in [6.45, 7) is 3.65. The van der Waals surface area contributed by atoms with Crippen molar-refractivity contribution in [2.75, 3.05) is 0 Å². The van der Waals surface area contributed by atoms with Gasteiger partial charge in [0.15, 0.2) is 0 Å². The minimum Gasteiger partial charge on any atom is -0.324 e. The second kappa shape index (κ2) is 4.43. The van der Waals surface area contributed by atoms with E-state index in [4.69, 9.17) is 5.73 Å². The molecule has 0 aliphatic rings. The standard InChI is InChI=1S/C10H12BrN/c1-2-3-10(12)8-4-6-9(11)7-5-8/h2,4-7,10H,1,3,12H2.